The number of nitrogens with zero attached hydrogens (tertiary/aromatic N) is 4. The topological polar surface area (TPSA) is 73.4 Å². The Bertz CT molecular complexity index is 929. The van der Waals surface area contributed by atoms with Gasteiger partial charge in [0.1, 0.15) is 18.2 Å². The van der Waals surface area contributed by atoms with Crippen molar-refractivity contribution in [3.8, 4) is 5.75 Å². The van der Waals surface area contributed by atoms with Gasteiger partial charge in [-0.05, 0) is 38.0 Å². The SMILES string of the molecule is Cc1ccc(C)c(OCc2cc(C(=O)N(C)CCn3ccnc3C)no2)c1. The Hall–Kier alpha value is -3.09. The van der Waals surface area contributed by atoms with Crippen LogP contribution < -0.4 is 4.74 Å². The average molecular weight is 368 g/mol. The summed E-state index contributed by atoms with van der Waals surface area (Å²) in [6.45, 7) is 7.38. The zero-order valence-electron chi connectivity index (χ0n) is 16.1. The molecule has 2 aromatic heterocycles. The minimum atomic E-state index is -0.186. The van der Waals surface area contributed by atoms with Crippen molar-refractivity contribution in [1.82, 2.24) is 19.6 Å². The maximum atomic E-state index is 12.5. The molecule has 142 valence electrons. The summed E-state index contributed by atoms with van der Waals surface area (Å²) in [6.07, 6.45) is 3.64. The maximum absolute atomic E-state index is 12.5. The minimum absolute atomic E-state index is 0.186. The van der Waals surface area contributed by atoms with Crippen LogP contribution >= 0.6 is 0 Å². The molecule has 0 atom stereocenters. The van der Waals surface area contributed by atoms with Gasteiger partial charge < -0.3 is 18.7 Å². The Balaban J connectivity index is 1.56. The molecule has 3 aromatic rings. The number of aryl methyl sites for hydroxylation is 3. The van der Waals surface area contributed by atoms with Crippen molar-refractivity contribution < 1.29 is 14.1 Å². The Kier molecular flexibility index (Phi) is 5.59. The van der Waals surface area contributed by atoms with E-state index in [1.54, 1.807) is 24.2 Å². The molecule has 0 saturated carbocycles. The molecule has 0 radical (unpaired) electrons. The number of hydrogen-bond donors (Lipinski definition) is 0. The first-order valence-electron chi connectivity index (χ1n) is 8.83. The second kappa shape index (κ2) is 8.07. The van der Waals surface area contributed by atoms with Gasteiger partial charge in [0, 0.05) is 38.6 Å². The van der Waals surface area contributed by atoms with Gasteiger partial charge in [-0.25, -0.2) is 4.98 Å². The number of benzene rings is 1. The van der Waals surface area contributed by atoms with Gasteiger partial charge in [-0.2, -0.15) is 0 Å². The smallest absolute Gasteiger partial charge is 0.275 e. The molecule has 0 N–H and O–H groups in total. The van der Waals surface area contributed by atoms with Crippen LogP contribution in [0.1, 0.15) is 33.2 Å². The third kappa shape index (κ3) is 4.55. The molecule has 3 rings (SSSR count). The number of ether oxygens (including phenoxy) is 1. The van der Waals surface area contributed by atoms with Crippen LogP contribution in [0.4, 0.5) is 0 Å². The van der Waals surface area contributed by atoms with E-state index in [1.807, 2.05) is 49.7 Å². The van der Waals surface area contributed by atoms with Crippen LogP contribution in [-0.4, -0.2) is 39.1 Å². The lowest BCUT2D eigenvalue weighted by molar-refractivity contribution is 0.0779. The molecule has 0 bridgehead atoms. The van der Waals surface area contributed by atoms with Crippen molar-refractivity contribution >= 4 is 5.91 Å². The predicted molar refractivity (Wildman–Crippen MR) is 101 cm³/mol. The van der Waals surface area contributed by atoms with Gasteiger partial charge in [0.2, 0.25) is 0 Å². The lowest BCUT2D eigenvalue weighted by Gasteiger charge is -2.16. The number of carbonyl (C=O) groups is 1. The van der Waals surface area contributed by atoms with E-state index >= 15 is 0 Å². The molecule has 0 fully saturated rings. The van der Waals surface area contributed by atoms with Gasteiger partial charge in [0.05, 0.1) is 0 Å². The van der Waals surface area contributed by atoms with Gasteiger partial charge in [-0.3, -0.25) is 4.79 Å². The van der Waals surface area contributed by atoms with Crippen molar-refractivity contribution in [2.45, 2.75) is 33.9 Å². The molecular formula is C20H24N4O3. The quantitative estimate of drug-likeness (QED) is 0.640. The van der Waals surface area contributed by atoms with E-state index in [1.165, 1.54) is 0 Å². The first-order chi connectivity index (χ1) is 12.9. The lowest BCUT2D eigenvalue weighted by Crippen LogP contribution is -2.30. The van der Waals surface area contributed by atoms with E-state index in [4.69, 9.17) is 9.26 Å². The van der Waals surface area contributed by atoms with E-state index in [2.05, 4.69) is 10.1 Å². The highest BCUT2D eigenvalue weighted by molar-refractivity contribution is 5.92. The molecule has 27 heavy (non-hydrogen) atoms. The third-order valence-corrected chi connectivity index (χ3v) is 4.44. The molecule has 7 heteroatoms. The van der Waals surface area contributed by atoms with Crippen molar-refractivity contribution in [2.24, 2.45) is 0 Å². The monoisotopic (exact) mass is 368 g/mol. The summed E-state index contributed by atoms with van der Waals surface area (Å²) in [4.78, 5) is 18.3. The molecule has 2 heterocycles. The van der Waals surface area contributed by atoms with E-state index in [0.717, 1.165) is 22.7 Å². The third-order valence-electron chi connectivity index (χ3n) is 4.44. The van der Waals surface area contributed by atoms with Crippen LogP contribution in [0, 0.1) is 20.8 Å². The molecule has 0 aliphatic rings. The number of hydrogen-bond acceptors (Lipinski definition) is 5. The van der Waals surface area contributed by atoms with Crippen LogP contribution in [0.2, 0.25) is 0 Å². The summed E-state index contributed by atoms with van der Waals surface area (Å²) in [5.74, 6) is 2.04. The van der Waals surface area contributed by atoms with Gasteiger partial charge in [-0.1, -0.05) is 17.3 Å². The Morgan fingerprint density at radius 2 is 2.07 bits per heavy atom. The highest BCUT2D eigenvalue weighted by Crippen LogP contribution is 2.20. The molecule has 1 amide bonds. The molecule has 7 nitrogen and oxygen atoms in total. The summed E-state index contributed by atoms with van der Waals surface area (Å²) in [7, 11) is 1.75. The zero-order valence-corrected chi connectivity index (χ0v) is 16.1. The Morgan fingerprint density at radius 3 is 2.81 bits per heavy atom. The number of likely N-dealkylation sites (N-methyl/N-ethyl adjacent to an activating group) is 1. The number of imidazole rings is 1. The van der Waals surface area contributed by atoms with Crippen LogP contribution in [-0.2, 0) is 13.2 Å². The second-order valence-electron chi connectivity index (χ2n) is 6.63. The molecule has 0 saturated heterocycles. The first kappa shape index (κ1) is 18.7. The average Bonchev–Trinajstić information content (AvgIpc) is 3.28. The van der Waals surface area contributed by atoms with Crippen LogP contribution in [0.15, 0.2) is 41.2 Å². The van der Waals surface area contributed by atoms with Crippen LogP contribution in [0.5, 0.6) is 5.75 Å². The molecule has 0 aliphatic heterocycles. The highest BCUT2D eigenvalue weighted by Gasteiger charge is 2.17. The van der Waals surface area contributed by atoms with E-state index in [9.17, 15) is 4.79 Å². The van der Waals surface area contributed by atoms with Crippen LogP contribution in [0.3, 0.4) is 0 Å². The van der Waals surface area contributed by atoms with E-state index in [0.29, 0.717) is 18.8 Å². The summed E-state index contributed by atoms with van der Waals surface area (Å²) in [5, 5.41) is 3.89. The van der Waals surface area contributed by atoms with Crippen molar-refractivity contribution in [1.29, 1.82) is 0 Å². The van der Waals surface area contributed by atoms with Gasteiger partial charge in [0.25, 0.3) is 5.91 Å². The Labute approximate surface area is 158 Å². The van der Waals surface area contributed by atoms with Crippen molar-refractivity contribution in [3.63, 3.8) is 0 Å². The molecular weight excluding hydrogens is 344 g/mol. The van der Waals surface area contributed by atoms with Crippen molar-refractivity contribution in [2.75, 3.05) is 13.6 Å². The Morgan fingerprint density at radius 1 is 1.26 bits per heavy atom. The lowest BCUT2D eigenvalue weighted by atomic mass is 10.1. The highest BCUT2D eigenvalue weighted by atomic mass is 16.5. The minimum Gasteiger partial charge on any atom is -0.485 e. The molecule has 0 spiro atoms. The fraction of sp³-hybridized carbons (Fsp3) is 0.350. The van der Waals surface area contributed by atoms with Gasteiger partial charge in [-0.15, -0.1) is 0 Å². The molecule has 1 aromatic carbocycles. The molecule has 0 unspecified atom stereocenters. The summed E-state index contributed by atoms with van der Waals surface area (Å²) >= 11 is 0. The van der Waals surface area contributed by atoms with E-state index in [-0.39, 0.29) is 18.2 Å². The largest absolute Gasteiger partial charge is 0.485 e. The summed E-state index contributed by atoms with van der Waals surface area (Å²) in [6, 6.07) is 7.65. The number of amides is 1. The maximum Gasteiger partial charge on any atom is 0.275 e. The number of rotatable bonds is 7. The van der Waals surface area contributed by atoms with Crippen molar-refractivity contribution in [3.05, 3.63) is 65.1 Å². The molecule has 0 aliphatic carbocycles. The number of carbonyl (C=O) groups excluding carboxylic acids is 1. The van der Waals surface area contributed by atoms with E-state index < -0.39 is 0 Å². The fourth-order valence-electron chi connectivity index (χ4n) is 2.69. The fourth-order valence-corrected chi connectivity index (χ4v) is 2.69. The zero-order chi connectivity index (χ0) is 19.4. The summed E-state index contributed by atoms with van der Waals surface area (Å²) in [5.41, 5.74) is 2.45. The van der Waals surface area contributed by atoms with Gasteiger partial charge >= 0.3 is 0 Å². The number of aromatic nitrogens is 3. The second-order valence-corrected chi connectivity index (χ2v) is 6.63. The predicted octanol–water partition coefficient (Wildman–Crippen LogP) is 3.15. The van der Waals surface area contributed by atoms with Crippen LogP contribution in [0.25, 0.3) is 0 Å². The first-order valence-corrected chi connectivity index (χ1v) is 8.83. The summed E-state index contributed by atoms with van der Waals surface area (Å²) < 4.78 is 13.1. The van der Waals surface area contributed by atoms with Gasteiger partial charge in [0.15, 0.2) is 11.5 Å². The normalized spacial score (nSPS) is 10.8. The standard InChI is InChI=1S/C20H24N4O3/c1-14-5-6-15(2)19(11-14)26-13-17-12-18(22-27-17)20(25)23(4)9-10-24-8-7-21-16(24)3/h5-8,11-12H,9-10,13H2,1-4H3.